The van der Waals surface area contributed by atoms with Crippen LogP contribution in [0.15, 0.2) is 59.6 Å². The van der Waals surface area contributed by atoms with Crippen LogP contribution < -0.4 is 15.4 Å². The minimum absolute atomic E-state index is 0.0232. The van der Waals surface area contributed by atoms with Gasteiger partial charge in [0.15, 0.2) is 0 Å². The number of sulfonamides is 1. The third-order valence-corrected chi connectivity index (χ3v) is 8.56. The van der Waals surface area contributed by atoms with Crippen LogP contribution in [0.5, 0.6) is 0 Å². The minimum Gasteiger partial charge on any atom is -0.478 e. The Morgan fingerprint density at radius 3 is 1.87 bits per heavy atom. The van der Waals surface area contributed by atoms with E-state index in [1.165, 1.54) is 48.5 Å². The standard InChI is InChI=1S/C20H38N4O6.C16H14N2O6S/c1-18(2)4-6-24-16-19(22-23-24)17-30-15-14-29-13-12-28-11-10-27-9-8-26-7-5-20(25)21-3;1-10(19)18-25(23,24)12-8-6-11(7-9-12)17-15(20)13-4-2-3-5-14(13)16(21)22/h16,18H,4-15,17H2,1-3H3,(H,21,25);2-9H,1H3,(H,17,20)(H,18,19)(H,21,22). The van der Waals surface area contributed by atoms with E-state index in [0.717, 1.165) is 25.6 Å². The summed E-state index contributed by atoms with van der Waals surface area (Å²) >= 11 is 0. The van der Waals surface area contributed by atoms with E-state index < -0.39 is 27.8 Å². The Hall–Kier alpha value is -4.79. The molecule has 0 saturated carbocycles. The van der Waals surface area contributed by atoms with E-state index in [-0.39, 0.29) is 27.6 Å². The van der Waals surface area contributed by atoms with Crippen molar-refractivity contribution in [3.63, 3.8) is 0 Å². The van der Waals surface area contributed by atoms with E-state index in [2.05, 4.69) is 34.8 Å². The van der Waals surface area contributed by atoms with Gasteiger partial charge in [0.1, 0.15) is 5.69 Å². The van der Waals surface area contributed by atoms with E-state index in [4.69, 9.17) is 28.8 Å². The summed E-state index contributed by atoms with van der Waals surface area (Å²) in [5.74, 6) is -1.98. The van der Waals surface area contributed by atoms with Crippen molar-refractivity contribution in [2.75, 3.05) is 71.8 Å². The number of aromatic nitrogens is 3. The molecule has 0 bridgehead atoms. The van der Waals surface area contributed by atoms with Crippen LogP contribution in [-0.2, 0) is 56.4 Å². The molecule has 0 unspecified atom stereocenters. The van der Waals surface area contributed by atoms with E-state index in [0.29, 0.717) is 78.4 Å². The predicted octanol–water partition coefficient (Wildman–Crippen LogP) is 2.51. The lowest BCUT2D eigenvalue weighted by Crippen LogP contribution is -2.28. The van der Waals surface area contributed by atoms with Gasteiger partial charge in [-0.05, 0) is 48.7 Å². The molecule has 3 amide bonds. The molecule has 1 aromatic heterocycles. The number of hydrogen-bond donors (Lipinski definition) is 4. The van der Waals surface area contributed by atoms with Gasteiger partial charge in [-0.1, -0.05) is 31.2 Å². The lowest BCUT2D eigenvalue weighted by molar-refractivity contribution is -0.122. The summed E-state index contributed by atoms with van der Waals surface area (Å²) in [6, 6.07) is 10.8. The zero-order valence-electron chi connectivity index (χ0n) is 31.7. The molecule has 0 saturated heterocycles. The maximum atomic E-state index is 12.2. The van der Waals surface area contributed by atoms with Crippen molar-refractivity contribution in [3.8, 4) is 0 Å². The average molecular weight is 793 g/mol. The first kappa shape index (κ1) is 46.4. The molecular weight excluding hydrogens is 740 g/mol. The van der Waals surface area contributed by atoms with Gasteiger partial charge in [-0.15, -0.1) is 5.10 Å². The smallest absolute Gasteiger partial charge is 0.336 e. The third-order valence-electron chi connectivity index (χ3n) is 7.11. The summed E-state index contributed by atoms with van der Waals surface area (Å²) < 4.78 is 54.4. The number of anilines is 1. The molecule has 55 heavy (non-hydrogen) atoms. The van der Waals surface area contributed by atoms with Gasteiger partial charge >= 0.3 is 5.97 Å². The number of benzene rings is 2. The van der Waals surface area contributed by atoms with Crippen LogP contribution in [0.2, 0.25) is 0 Å². The van der Waals surface area contributed by atoms with Gasteiger partial charge in [-0.25, -0.2) is 17.9 Å². The molecule has 3 aromatic rings. The highest BCUT2D eigenvalue weighted by molar-refractivity contribution is 7.90. The lowest BCUT2D eigenvalue weighted by atomic mass is 10.1. The molecule has 0 aliphatic rings. The van der Waals surface area contributed by atoms with Gasteiger partial charge in [-0.2, -0.15) is 0 Å². The van der Waals surface area contributed by atoms with E-state index in [9.17, 15) is 27.6 Å². The molecule has 304 valence electrons. The minimum atomic E-state index is -3.96. The topological polar surface area (TPSA) is 236 Å². The average Bonchev–Trinajstić information content (AvgIpc) is 3.61. The molecule has 3 rings (SSSR count). The van der Waals surface area contributed by atoms with Crippen LogP contribution >= 0.6 is 0 Å². The van der Waals surface area contributed by atoms with Crippen molar-refractivity contribution in [1.82, 2.24) is 25.0 Å². The Labute approximate surface area is 321 Å². The first-order valence-electron chi connectivity index (χ1n) is 17.6. The Morgan fingerprint density at radius 2 is 1.35 bits per heavy atom. The summed E-state index contributed by atoms with van der Waals surface area (Å²) in [4.78, 5) is 45.1. The van der Waals surface area contributed by atoms with Crippen LogP contribution in [0.25, 0.3) is 0 Å². The molecule has 0 fully saturated rings. The molecular formula is C36H52N6O12S. The SMILES string of the molecule is CC(=O)NS(=O)(=O)c1ccc(NC(=O)c2ccccc2C(=O)O)cc1.CNC(=O)CCOCCOCCOCCOCCOCc1cn(CCC(C)C)nn1. The highest BCUT2D eigenvalue weighted by atomic mass is 32.2. The summed E-state index contributed by atoms with van der Waals surface area (Å²) in [7, 11) is -2.36. The molecule has 0 atom stereocenters. The fourth-order valence-corrected chi connectivity index (χ4v) is 5.27. The second-order valence-corrected chi connectivity index (χ2v) is 13.8. The number of amides is 3. The molecule has 18 nitrogen and oxygen atoms in total. The number of ether oxygens (including phenoxy) is 5. The molecule has 19 heteroatoms. The molecule has 0 aliphatic carbocycles. The third kappa shape index (κ3) is 19.9. The number of carbonyl (C=O) groups is 4. The fraction of sp³-hybridized carbons (Fsp3) is 0.500. The van der Waals surface area contributed by atoms with Gasteiger partial charge in [-0.3, -0.25) is 19.1 Å². The number of carbonyl (C=O) groups excluding carboxylic acids is 3. The van der Waals surface area contributed by atoms with E-state index in [1.807, 2.05) is 15.6 Å². The maximum Gasteiger partial charge on any atom is 0.336 e. The highest BCUT2D eigenvalue weighted by Gasteiger charge is 2.18. The van der Waals surface area contributed by atoms with Gasteiger partial charge in [0, 0.05) is 32.6 Å². The van der Waals surface area contributed by atoms with Gasteiger partial charge in [0.2, 0.25) is 11.8 Å². The number of hydrogen-bond acceptors (Lipinski definition) is 13. The molecule has 2 aromatic carbocycles. The van der Waals surface area contributed by atoms with E-state index >= 15 is 0 Å². The highest BCUT2D eigenvalue weighted by Crippen LogP contribution is 2.16. The number of carboxylic acid groups (broad SMARTS) is 1. The Bertz CT molecular complexity index is 1720. The second kappa shape index (κ2) is 26.1. The first-order chi connectivity index (χ1) is 26.3. The van der Waals surface area contributed by atoms with Crippen LogP contribution in [0, 0.1) is 5.92 Å². The van der Waals surface area contributed by atoms with Crippen LogP contribution in [-0.4, -0.2) is 119 Å². The van der Waals surface area contributed by atoms with Crippen LogP contribution in [0.4, 0.5) is 5.69 Å². The normalized spacial score (nSPS) is 11.1. The molecule has 1 heterocycles. The zero-order chi connectivity index (χ0) is 40.5. The summed E-state index contributed by atoms with van der Waals surface area (Å²) in [6.07, 6.45) is 3.38. The fourth-order valence-electron chi connectivity index (χ4n) is 4.28. The monoisotopic (exact) mass is 792 g/mol. The van der Waals surface area contributed by atoms with Gasteiger partial charge in [0.05, 0.1) is 88.3 Å². The Morgan fingerprint density at radius 1 is 0.800 bits per heavy atom. The quantitative estimate of drug-likeness (QED) is 0.0903. The van der Waals surface area contributed by atoms with E-state index in [1.54, 1.807) is 7.05 Å². The van der Waals surface area contributed by atoms with Crippen molar-refractivity contribution in [1.29, 1.82) is 0 Å². The lowest BCUT2D eigenvalue weighted by Gasteiger charge is -2.09. The van der Waals surface area contributed by atoms with Gasteiger partial charge in [0.25, 0.3) is 15.9 Å². The number of carboxylic acids is 1. The van der Waals surface area contributed by atoms with Crippen molar-refractivity contribution in [3.05, 3.63) is 71.5 Å². The largest absolute Gasteiger partial charge is 0.478 e. The number of aryl methyl sites for hydroxylation is 1. The molecule has 0 radical (unpaired) electrons. The zero-order valence-corrected chi connectivity index (χ0v) is 32.5. The van der Waals surface area contributed by atoms with Crippen molar-refractivity contribution in [2.24, 2.45) is 5.92 Å². The number of nitrogens with zero attached hydrogens (tertiary/aromatic N) is 3. The first-order valence-corrected chi connectivity index (χ1v) is 19.1. The second-order valence-electron chi connectivity index (χ2n) is 12.1. The summed E-state index contributed by atoms with van der Waals surface area (Å²) in [6.45, 7) is 11.2. The molecule has 4 N–H and O–H groups in total. The van der Waals surface area contributed by atoms with Crippen LogP contribution in [0.1, 0.15) is 60.0 Å². The number of nitrogens with one attached hydrogen (secondary N) is 3. The summed E-state index contributed by atoms with van der Waals surface area (Å²) in [5.41, 5.74) is 0.931. The number of aromatic carboxylic acids is 1. The van der Waals surface area contributed by atoms with Crippen LogP contribution in [0.3, 0.4) is 0 Å². The van der Waals surface area contributed by atoms with Crippen molar-refractivity contribution >= 4 is 39.4 Å². The molecule has 0 aliphatic heterocycles. The Kier molecular flexibility index (Phi) is 22.0. The molecule has 0 spiro atoms. The predicted molar refractivity (Wildman–Crippen MR) is 200 cm³/mol. The van der Waals surface area contributed by atoms with Gasteiger partial charge < -0.3 is 39.4 Å². The van der Waals surface area contributed by atoms with Crippen molar-refractivity contribution < 1.29 is 56.4 Å². The number of rotatable bonds is 25. The van der Waals surface area contributed by atoms with Crippen molar-refractivity contribution in [2.45, 2.75) is 51.7 Å². The Balaban J connectivity index is 0.000000386. The summed E-state index contributed by atoms with van der Waals surface area (Å²) in [5, 5.41) is 22.3. The maximum absolute atomic E-state index is 12.2.